The summed E-state index contributed by atoms with van der Waals surface area (Å²) in [5.41, 5.74) is 3.43. The number of anilines is 1. The van der Waals surface area contributed by atoms with E-state index in [1.54, 1.807) is 7.11 Å². The highest BCUT2D eigenvalue weighted by Gasteiger charge is 1.99. The van der Waals surface area contributed by atoms with E-state index in [1.165, 1.54) is 0 Å². The lowest BCUT2D eigenvalue weighted by molar-refractivity contribution is 0.415. The van der Waals surface area contributed by atoms with Crippen LogP contribution >= 0.6 is 0 Å². The SMILES string of the molecule is CCCCN=C(NN)Nc1cccc(OC)c1. The van der Waals surface area contributed by atoms with E-state index in [-0.39, 0.29) is 0 Å². The molecule has 0 saturated carbocycles. The molecule has 17 heavy (non-hydrogen) atoms. The largest absolute Gasteiger partial charge is 0.497 e. The van der Waals surface area contributed by atoms with E-state index in [0.29, 0.717) is 5.96 Å². The van der Waals surface area contributed by atoms with Gasteiger partial charge in [-0.05, 0) is 18.6 Å². The van der Waals surface area contributed by atoms with Crippen LogP contribution in [0.1, 0.15) is 19.8 Å². The van der Waals surface area contributed by atoms with Crippen molar-refractivity contribution in [3.8, 4) is 5.75 Å². The number of hydrazine groups is 1. The molecule has 0 aliphatic carbocycles. The van der Waals surface area contributed by atoms with Crippen molar-refractivity contribution in [1.82, 2.24) is 5.43 Å². The molecule has 0 spiro atoms. The molecule has 4 N–H and O–H groups in total. The summed E-state index contributed by atoms with van der Waals surface area (Å²) in [6, 6.07) is 7.60. The number of hydrogen-bond donors (Lipinski definition) is 3. The second kappa shape index (κ2) is 7.51. The Balaban J connectivity index is 2.63. The Kier molecular flexibility index (Phi) is 5.88. The molecule has 0 aromatic heterocycles. The first-order chi connectivity index (χ1) is 8.30. The molecular weight excluding hydrogens is 216 g/mol. The molecule has 0 fully saturated rings. The van der Waals surface area contributed by atoms with Crippen LogP contribution in [0.4, 0.5) is 5.69 Å². The Morgan fingerprint density at radius 1 is 1.47 bits per heavy atom. The third kappa shape index (κ3) is 4.74. The van der Waals surface area contributed by atoms with Gasteiger partial charge in [0.2, 0.25) is 5.96 Å². The fraction of sp³-hybridized carbons (Fsp3) is 0.417. The zero-order valence-corrected chi connectivity index (χ0v) is 10.4. The molecule has 1 aromatic carbocycles. The first kappa shape index (κ1) is 13.3. The van der Waals surface area contributed by atoms with E-state index < -0.39 is 0 Å². The molecule has 1 rings (SSSR count). The van der Waals surface area contributed by atoms with E-state index in [4.69, 9.17) is 10.6 Å². The average molecular weight is 236 g/mol. The maximum atomic E-state index is 5.40. The summed E-state index contributed by atoms with van der Waals surface area (Å²) in [6.45, 7) is 2.88. The van der Waals surface area contributed by atoms with Crippen molar-refractivity contribution in [3.63, 3.8) is 0 Å². The van der Waals surface area contributed by atoms with Crippen LogP contribution in [0.25, 0.3) is 0 Å². The summed E-state index contributed by atoms with van der Waals surface area (Å²) in [7, 11) is 1.64. The Labute approximate surface area is 102 Å². The monoisotopic (exact) mass is 236 g/mol. The molecule has 0 aliphatic heterocycles. The number of hydrogen-bond acceptors (Lipinski definition) is 3. The molecule has 0 radical (unpaired) electrons. The van der Waals surface area contributed by atoms with Crippen LogP contribution < -0.4 is 21.3 Å². The number of benzene rings is 1. The Bertz CT molecular complexity index is 365. The molecule has 5 nitrogen and oxygen atoms in total. The van der Waals surface area contributed by atoms with E-state index in [1.807, 2.05) is 24.3 Å². The third-order valence-corrected chi connectivity index (χ3v) is 2.25. The number of nitrogens with one attached hydrogen (secondary N) is 2. The van der Waals surface area contributed by atoms with Gasteiger partial charge < -0.3 is 10.1 Å². The molecule has 0 atom stereocenters. The number of nitrogens with two attached hydrogens (primary N) is 1. The second-order valence-electron chi connectivity index (χ2n) is 3.59. The number of unbranched alkanes of at least 4 members (excludes halogenated alkanes) is 1. The van der Waals surface area contributed by atoms with Gasteiger partial charge in [-0.2, -0.15) is 0 Å². The van der Waals surface area contributed by atoms with Crippen molar-refractivity contribution in [2.45, 2.75) is 19.8 Å². The fourth-order valence-electron chi connectivity index (χ4n) is 1.31. The van der Waals surface area contributed by atoms with Gasteiger partial charge in [-0.25, -0.2) is 5.84 Å². The summed E-state index contributed by atoms with van der Waals surface area (Å²) in [6.07, 6.45) is 2.16. The molecule has 0 heterocycles. The molecule has 0 bridgehead atoms. The maximum Gasteiger partial charge on any atom is 0.210 e. The number of aliphatic imine (C=N–C) groups is 1. The lowest BCUT2D eigenvalue weighted by atomic mass is 10.3. The predicted molar refractivity (Wildman–Crippen MR) is 71.1 cm³/mol. The lowest BCUT2D eigenvalue weighted by Crippen LogP contribution is -2.36. The molecule has 1 aromatic rings. The minimum Gasteiger partial charge on any atom is -0.497 e. The summed E-state index contributed by atoms with van der Waals surface area (Å²) < 4.78 is 5.14. The Morgan fingerprint density at radius 3 is 2.94 bits per heavy atom. The number of ether oxygens (including phenoxy) is 1. The second-order valence-corrected chi connectivity index (χ2v) is 3.59. The highest BCUT2D eigenvalue weighted by Crippen LogP contribution is 2.16. The van der Waals surface area contributed by atoms with Gasteiger partial charge in [0.05, 0.1) is 7.11 Å². The van der Waals surface area contributed by atoms with Crippen LogP contribution in [0.5, 0.6) is 5.75 Å². The standard InChI is InChI=1S/C12H20N4O/c1-3-4-8-14-12(16-13)15-10-6-5-7-11(9-10)17-2/h5-7,9H,3-4,8,13H2,1-2H3,(H2,14,15,16). The summed E-state index contributed by atoms with van der Waals surface area (Å²) in [5.74, 6) is 6.75. The number of guanidine groups is 1. The highest BCUT2D eigenvalue weighted by atomic mass is 16.5. The van der Waals surface area contributed by atoms with Crippen molar-refractivity contribution < 1.29 is 4.74 Å². The molecule has 0 aliphatic rings. The number of nitrogens with zero attached hydrogens (tertiary/aromatic N) is 1. The first-order valence-electron chi connectivity index (χ1n) is 5.72. The summed E-state index contributed by atoms with van der Waals surface area (Å²) in [5, 5.41) is 3.10. The van der Waals surface area contributed by atoms with E-state index >= 15 is 0 Å². The first-order valence-corrected chi connectivity index (χ1v) is 5.72. The summed E-state index contributed by atoms with van der Waals surface area (Å²) >= 11 is 0. The lowest BCUT2D eigenvalue weighted by Gasteiger charge is -2.10. The van der Waals surface area contributed by atoms with Crippen LogP contribution in [0, 0.1) is 0 Å². The van der Waals surface area contributed by atoms with E-state index in [0.717, 1.165) is 30.8 Å². The van der Waals surface area contributed by atoms with Gasteiger partial charge in [-0.3, -0.25) is 10.4 Å². The summed E-state index contributed by atoms with van der Waals surface area (Å²) in [4.78, 5) is 4.31. The number of rotatable bonds is 5. The van der Waals surface area contributed by atoms with E-state index in [9.17, 15) is 0 Å². The smallest absolute Gasteiger partial charge is 0.210 e. The average Bonchev–Trinajstić information content (AvgIpc) is 2.38. The Morgan fingerprint density at radius 2 is 2.29 bits per heavy atom. The van der Waals surface area contributed by atoms with Gasteiger partial charge in [-0.15, -0.1) is 0 Å². The molecule has 0 amide bonds. The molecule has 94 valence electrons. The zero-order chi connectivity index (χ0) is 12.5. The van der Waals surface area contributed by atoms with Crippen LogP contribution in [0.15, 0.2) is 29.3 Å². The molecule has 0 unspecified atom stereocenters. The molecule has 0 saturated heterocycles. The van der Waals surface area contributed by atoms with Gasteiger partial charge >= 0.3 is 0 Å². The minimum absolute atomic E-state index is 0.562. The minimum atomic E-state index is 0.562. The fourth-order valence-corrected chi connectivity index (χ4v) is 1.31. The van der Waals surface area contributed by atoms with Crippen LogP contribution in [0.3, 0.4) is 0 Å². The van der Waals surface area contributed by atoms with Crippen LogP contribution in [-0.4, -0.2) is 19.6 Å². The topological polar surface area (TPSA) is 71.7 Å². The van der Waals surface area contributed by atoms with Crippen molar-refractivity contribution in [2.75, 3.05) is 19.0 Å². The van der Waals surface area contributed by atoms with Gasteiger partial charge in [0.25, 0.3) is 0 Å². The predicted octanol–water partition coefficient (Wildman–Crippen LogP) is 1.73. The van der Waals surface area contributed by atoms with Gasteiger partial charge in [-0.1, -0.05) is 19.4 Å². The third-order valence-electron chi connectivity index (χ3n) is 2.25. The van der Waals surface area contributed by atoms with Crippen molar-refractivity contribution in [2.24, 2.45) is 10.8 Å². The van der Waals surface area contributed by atoms with Crippen molar-refractivity contribution in [1.29, 1.82) is 0 Å². The van der Waals surface area contributed by atoms with Crippen molar-refractivity contribution in [3.05, 3.63) is 24.3 Å². The van der Waals surface area contributed by atoms with Gasteiger partial charge in [0.15, 0.2) is 0 Å². The zero-order valence-electron chi connectivity index (χ0n) is 10.4. The van der Waals surface area contributed by atoms with Gasteiger partial charge in [0, 0.05) is 18.3 Å². The number of methoxy groups -OCH3 is 1. The molecule has 5 heteroatoms. The highest BCUT2D eigenvalue weighted by molar-refractivity contribution is 5.93. The van der Waals surface area contributed by atoms with E-state index in [2.05, 4.69) is 22.7 Å². The van der Waals surface area contributed by atoms with Crippen LogP contribution in [0.2, 0.25) is 0 Å². The normalized spacial score (nSPS) is 11.1. The maximum absolute atomic E-state index is 5.40. The molecular formula is C12H20N4O. The van der Waals surface area contributed by atoms with Crippen LogP contribution in [-0.2, 0) is 0 Å². The van der Waals surface area contributed by atoms with Gasteiger partial charge in [0.1, 0.15) is 5.75 Å². The van der Waals surface area contributed by atoms with Crippen molar-refractivity contribution >= 4 is 11.6 Å². The quantitative estimate of drug-likeness (QED) is 0.239. The Hall–Kier alpha value is -1.75.